The normalized spacial score (nSPS) is 22.1. The van der Waals surface area contributed by atoms with Crippen LogP contribution in [0.15, 0.2) is 36.7 Å². The zero-order chi connectivity index (χ0) is 18.7. The largest absolute Gasteiger partial charge is 0.379 e. The minimum absolute atomic E-state index is 0.0805. The topological polar surface area (TPSA) is 59.5 Å². The van der Waals surface area contributed by atoms with Gasteiger partial charge in [-0.1, -0.05) is 18.2 Å². The van der Waals surface area contributed by atoms with E-state index in [1.54, 1.807) is 0 Å². The third-order valence-corrected chi connectivity index (χ3v) is 5.11. The summed E-state index contributed by atoms with van der Waals surface area (Å²) < 4.78 is 11.3. The van der Waals surface area contributed by atoms with Crippen LogP contribution in [0.1, 0.15) is 25.8 Å². The summed E-state index contributed by atoms with van der Waals surface area (Å²) in [5.41, 5.74) is 3.20. The molecule has 2 aromatic rings. The second kappa shape index (κ2) is 7.92. The van der Waals surface area contributed by atoms with E-state index in [0.29, 0.717) is 13.2 Å². The SMILES string of the molecule is CC1(C)CN(c2cncc(-c3cccc(COC4CCOC4)c3)n2)CCN1. The van der Waals surface area contributed by atoms with Gasteiger partial charge in [0.15, 0.2) is 0 Å². The van der Waals surface area contributed by atoms with Crippen molar-refractivity contribution in [1.29, 1.82) is 0 Å². The fourth-order valence-electron chi connectivity index (χ4n) is 3.66. The molecule has 2 aliphatic heterocycles. The fraction of sp³-hybridized carbons (Fsp3) is 0.524. The van der Waals surface area contributed by atoms with Crippen LogP contribution in [0.2, 0.25) is 0 Å². The minimum atomic E-state index is 0.0805. The van der Waals surface area contributed by atoms with E-state index in [1.165, 1.54) is 0 Å². The third kappa shape index (κ3) is 4.64. The Kier molecular flexibility index (Phi) is 5.38. The number of benzene rings is 1. The van der Waals surface area contributed by atoms with Gasteiger partial charge in [0.2, 0.25) is 0 Å². The number of anilines is 1. The van der Waals surface area contributed by atoms with Crippen LogP contribution in [0.4, 0.5) is 5.82 Å². The molecule has 0 radical (unpaired) electrons. The standard InChI is InChI=1S/C21H28N4O2/c1-21(2)15-25(8-7-23-21)20-12-22-11-19(24-20)17-5-3-4-16(10-17)13-27-18-6-9-26-14-18/h3-5,10-12,18,23H,6-9,13-15H2,1-2H3. The van der Waals surface area contributed by atoms with Gasteiger partial charge in [0.25, 0.3) is 0 Å². The number of aromatic nitrogens is 2. The lowest BCUT2D eigenvalue weighted by atomic mass is 10.0. The van der Waals surface area contributed by atoms with Gasteiger partial charge in [0, 0.05) is 37.3 Å². The molecule has 2 fully saturated rings. The average Bonchev–Trinajstić information content (AvgIpc) is 3.20. The van der Waals surface area contributed by atoms with Crippen LogP contribution in [-0.2, 0) is 16.1 Å². The summed E-state index contributed by atoms with van der Waals surface area (Å²) in [7, 11) is 0. The number of rotatable bonds is 5. The molecule has 0 saturated carbocycles. The van der Waals surface area contributed by atoms with Crippen molar-refractivity contribution >= 4 is 5.82 Å². The predicted octanol–water partition coefficient (Wildman–Crippen LogP) is 2.64. The van der Waals surface area contributed by atoms with Gasteiger partial charge >= 0.3 is 0 Å². The zero-order valence-electron chi connectivity index (χ0n) is 16.1. The second-order valence-electron chi connectivity index (χ2n) is 7.99. The summed E-state index contributed by atoms with van der Waals surface area (Å²) >= 11 is 0. The van der Waals surface area contributed by atoms with Crippen molar-refractivity contribution in [1.82, 2.24) is 15.3 Å². The molecular formula is C21H28N4O2. The summed E-state index contributed by atoms with van der Waals surface area (Å²) in [5, 5.41) is 3.54. The summed E-state index contributed by atoms with van der Waals surface area (Å²) in [4.78, 5) is 11.6. The lowest BCUT2D eigenvalue weighted by Gasteiger charge is -2.39. The molecular weight excluding hydrogens is 340 g/mol. The van der Waals surface area contributed by atoms with E-state index in [9.17, 15) is 0 Å². The van der Waals surface area contributed by atoms with Crippen molar-refractivity contribution in [3.05, 3.63) is 42.2 Å². The lowest BCUT2D eigenvalue weighted by Crippen LogP contribution is -2.57. The number of ether oxygens (including phenoxy) is 2. The summed E-state index contributed by atoms with van der Waals surface area (Å²) in [6.45, 7) is 9.35. The van der Waals surface area contributed by atoms with Gasteiger partial charge in [-0.15, -0.1) is 0 Å². The van der Waals surface area contributed by atoms with Gasteiger partial charge in [-0.3, -0.25) is 4.98 Å². The van der Waals surface area contributed by atoms with Crippen molar-refractivity contribution in [3.8, 4) is 11.3 Å². The highest BCUT2D eigenvalue weighted by molar-refractivity contribution is 5.61. The molecule has 4 rings (SSSR count). The molecule has 6 nitrogen and oxygen atoms in total. The Labute approximate surface area is 160 Å². The van der Waals surface area contributed by atoms with E-state index in [2.05, 4.69) is 53.3 Å². The first kappa shape index (κ1) is 18.3. The Morgan fingerprint density at radius 1 is 1.33 bits per heavy atom. The maximum absolute atomic E-state index is 5.95. The van der Waals surface area contributed by atoms with Gasteiger partial charge in [-0.05, 0) is 31.9 Å². The highest BCUT2D eigenvalue weighted by Gasteiger charge is 2.26. The van der Waals surface area contributed by atoms with Crippen molar-refractivity contribution in [3.63, 3.8) is 0 Å². The van der Waals surface area contributed by atoms with E-state index in [1.807, 2.05) is 12.4 Å². The molecule has 2 saturated heterocycles. The van der Waals surface area contributed by atoms with Gasteiger partial charge in [-0.25, -0.2) is 4.98 Å². The molecule has 144 valence electrons. The van der Waals surface area contributed by atoms with Gasteiger partial charge in [0.1, 0.15) is 5.82 Å². The zero-order valence-corrected chi connectivity index (χ0v) is 16.1. The maximum atomic E-state index is 5.95. The maximum Gasteiger partial charge on any atom is 0.147 e. The molecule has 2 aliphatic rings. The van der Waals surface area contributed by atoms with Crippen LogP contribution in [0.5, 0.6) is 0 Å². The van der Waals surface area contributed by atoms with E-state index < -0.39 is 0 Å². The minimum Gasteiger partial charge on any atom is -0.379 e. The van der Waals surface area contributed by atoms with Crippen molar-refractivity contribution in [2.45, 2.75) is 38.5 Å². The number of piperazine rings is 1. The van der Waals surface area contributed by atoms with E-state index in [-0.39, 0.29) is 11.6 Å². The van der Waals surface area contributed by atoms with Crippen LogP contribution in [0.25, 0.3) is 11.3 Å². The van der Waals surface area contributed by atoms with Gasteiger partial charge in [0.05, 0.1) is 37.4 Å². The Morgan fingerprint density at radius 3 is 3.07 bits per heavy atom. The molecule has 3 heterocycles. The highest BCUT2D eigenvalue weighted by Crippen LogP contribution is 2.23. The first-order valence-electron chi connectivity index (χ1n) is 9.70. The molecule has 1 atom stereocenters. The Balaban J connectivity index is 1.49. The molecule has 1 aromatic heterocycles. The molecule has 1 unspecified atom stereocenters. The van der Waals surface area contributed by atoms with Crippen LogP contribution in [0, 0.1) is 0 Å². The molecule has 0 spiro atoms. The summed E-state index contributed by atoms with van der Waals surface area (Å²) in [6, 6.07) is 8.37. The Hall–Kier alpha value is -2.02. The van der Waals surface area contributed by atoms with Crippen molar-refractivity contribution in [2.75, 3.05) is 37.7 Å². The highest BCUT2D eigenvalue weighted by atomic mass is 16.5. The number of hydrogen-bond acceptors (Lipinski definition) is 6. The molecule has 0 aliphatic carbocycles. The monoisotopic (exact) mass is 368 g/mol. The van der Waals surface area contributed by atoms with Crippen molar-refractivity contribution in [2.24, 2.45) is 0 Å². The molecule has 0 bridgehead atoms. The van der Waals surface area contributed by atoms with Gasteiger partial charge in [-0.2, -0.15) is 0 Å². The van der Waals surface area contributed by atoms with E-state index in [0.717, 1.165) is 55.3 Å². The Bertz CT molecular complexity index is 774. The number of nitrogens with zero attached hydrogens (tertiary/aromatic N) is 3. The van der Waals surface area contributed by atoms with Crippen LogP contribution < -0.4 is 10.2 Å². The lowest BCUT2D eigenvalue weighted by molar-refractivity contribution is 0.0318. The fourth-order valence-corrected chi connectivity index (χ4v) is 3.66. The van der Waals surface area contributed by atoms with E-state index in [4.69, 9.17) is 14.5 Å². The molecule has 0 amide bonds. The smallest absolute Gasteiger partial charge is 0.147 e. The third-order valence-electron chi connectivity index (χ3n) is 5.11. The summed E-state index contributed by atoms with van der Waals surface area (Å²) in [5.74, 6) is 0.937. The molecule has 1 N–H and O–H groups in total. The van der Waals surface area contributed by atoms with Crippen LogP contribution in [-0.4, -0.2) is 54.5 Å². The predicted molar refractivity (Wildman–Crippen MR) is 106 cm³/mol. The molecule has 27 heavy (non-hydrogen) atoms. The average molecular weight is 368 g/mol. The summed E-state index contributed by atoms with van der Waals surface area (Å²) in [6.07, 6.45) is 4.89. The van der Waals surface area contributed by atoms with Crippen LogP contribution in [0.3, 0.4) is 0 Å². The first-order chi connectivity index (χ1) is 13.1. The van der Waals surface area contributed by atoms with Crippen molar-refractivity contribution < 1.29 is 9.47 Å². The number of hydrogen-bond donors (Lipinski definition) is 1. The van der Waals surface area contributed by atoms with Gasteiger partial charge < -0.3 is 19.7 Å². The molecule has 6 heteroatoms. The Morgan fingerprint density at radius 2 is 2.26 bits per heavy atom. The first-order valence-corrected chi connectivity index (χ1v) is 9.70. The van der Waals surface area contributed by atoms with Crippen LogP contribution >= 0.6 is 0 Å². The van der Waals surface area contributed by atoms with E-state index >= 15 is 0 Å². The second-order valence-corrected chi connectivity index (χ2v) is 7.99. The quantitative estimate of drug-likeness (QED) is 0.876. The number of nitrogens with one attached hydrogen (secondary N) is 1. The molecule has 1 aromatic carbocycles.